The molecule has 112 valence electrons. The van der Waals surface area contributed by atoms with Crippen molar-refractivity contribution in [2.75, 3.05) is 5.73 Å². The summed E-state index contributed by atoms with van der Waals surface area (Å²) in [5.41, 5.74) is 7.51. The lowest BCUT2D eigenvalue weighted by Gasteiger charge is -2.34. The van der Waals surface area contributed by atoms with Gasteiger partial charge in [-0.15, -0.1) is 0 Å². The van der Waals surface area contributed by atoms with Gasteiger partial charge in [0.2, 0.25) is 0 Å². The van der Waals surface area contributed by atoms with E-state index in [2.05, 4.69) is 19.2 Å². The molecule has 1 aliphatic carbocycles. The third-order valence-electron chi connectivity index (χ3n) is 4.44. The minimum atomic E-state index is -0.130. The molecule has 0 unspecified atom stereocenters. The molecule has 4 heteroatoms. The van der Waals surface area contributed by atoms with Crippen molar-refractivity contribution in [3.63, 3.8) is 0 Å². The van der Waals surface area contributed by atoms with E-state index in [4.69, 9.17) is 10.2 Å². The molecule has 0 saturated heterocycles. The van der Waals surface area contributed by atoms with Crippen LogP contribution in [0.25, 0.3) is 11.0 Å². The van der Waals surface area contributed by atoms with Gasteiger partial charge in [0.1, 0.15) is 5.58 Å². The summed E-state index contributed by atoms with van der Waals surface area (Å²) in [6.45, 7) is 4.57. The van der Waals surface area contributed by atoms with E-state index in [0.29, 0.717) is 22.4 Å². The van der Waals surface area contributed by atoms with Crippen LogP contribution in [0.1, 0.15) is 50.1 Å². The first-order chi connectivity index (χ1) is 9.93. The molecule has 0 aliphatic heterocycles. The Bertz CT molecular complexity index is 662. The van der Waals surface area contributed by atoms with E-state index < -0.39 is 0 Å². The first kappa shape index (κ1) is 14.0. The van der Waals surface area contributed by atoms with Crippen LogP contribution in [-0.4, -0.2) is 11.9 Å². The maximum Gasteiger partial charge on any atom is 0.287 e. The molecule has 1 aromatic heterocycles. The highest BCUT2D eigenvalue weighted by molar-refractivity contribution is 5.96. The lowest BCUT2D eigenvalue weighted by molar-refractivity contribution is 0.0883. The van der Waals surface area contributed by atoms with Crippen molar-refractivity contribution >= 4 is 22.6 Å². The predicted octanol–water partition coefficient (Wildman–Crippen LogP) is 3.71. The van der Waals surface area contributed by atoms with Gasteiger partial charge in [0.25, 0.3) is 5.91 Å². The molecule has 1 heterocycles. The van der Waals surface area contributed by atoms with Crippen molar-refractivity contribution in [2.24, 2.45) is 5.41 Å². The number of nitrogen functional groups attached to an aromatic ring is 1. The number of nitrogens with two attached hydrogens (primary N) is 1. The lowest BCUT2D eigenvalue weighted by atomic mass is 9.75. The number of nitrogens with one attached hydrogen (secondary N) is 1. The molecular formula is C17H22N2O2. The number of rotatable bonds is 2. The van der Waals surface area contributed by atoms with Crippen LogP contribution in [0.2, 0.25) is 0 Å². The van der Waals surface area contributed by atoms with Gasteiger partial charge in [0.15, 0.2) is 5.76 Å². The zero-order valence-corrected chi connectivity index (χ0v) is 12.6. The van der Waals surface area contributed by atoms with E-state index in [1.54, 1.807) is 18.2 Å². The number of amides is 1. The number of hydrogen-bond donors (Lipinski definition) is 2. The Morgan fingerprint density at radius 3 is 2.71 bits per heavy atom. The topological polar surface area (TPSA) is 68.3 Å². The summed E-state index contributed by atoms with van der Waals surface area (Å²) in [7, 11) is 0. The van der Waals surface area contributed by atoms with Gasteiger partial charge < -0.3 is 15.5 Å². The summed E-state index contributed by atoms with van der Waals surface area (Å²) in [4.78, 5) is 12.3. The molecule has 1 amide bonds. The number of benzene rings is 1. The highest BCUT2D eigenvalue weighted by Gasteiger charge is 2.28. The molecular weight excluding hydrogens is 264 g/mol. The van der Waals surface area contributed by atoms with E-state index in [9.17, 15) is 4.79 Å². The highest BCUT2D eigenvalue weighted by atomic mass is 16.3. The van der Waals surface area contributed by atoms with Crippen molar-refractivity contribution in [2.45, 2.75) is 45.6 Å². The average Bonchev–Trinajstić information content (AvgIpc) is 2.84. The molecule has 0 bridgehead atoms. The molecule has 1 aliphatic rings. The fourth-order valence-corrected chi connectivity index (χ4v) is 2.97. The molecule has 3 rings (SSSR count). The number of hydrogen-bond acceptors (Lipinski definition) is 3. The summed E-state index contributed by atoms with van der Waals surface area (Å²) in [6.07, 6.45) is 4.36. The summed E-state index contributed by atoms with van der Waals surface area (Å²) >= 11 is 0. The van der Waals surface area contributed by atoms with E-state index in [0.717, 1.165) is 31.1 Å². The predicted molar refractivity (Wildman–Crippen MR) is 84.1 cm³/mol. The summed E-state index contributed by atoms with van der Waals surface area (Å²) in [5.74, 6) is 0.231. The van der Waals surface area contributed by atoms with Gasteiger partial charge in [0, 0.05) is 17.1 Å². The third kappa shape index (κ3) is 3.04. The Morgan fingerprint density at radius 1 is 1.29 bits per heavy atom. The molecule has 21 heavy (non-hydrogen) atoms. The van der Waals surface area contributed by atoms with E-state index in [1.165, 1.54) is 0 Å². The molecule has 0 radical (unpaired) electrons. The van der Waals surface area contributed by atoms with Crippen LogP contribution in [0.3, 0.4) is 0 Å². The second-order valence-electron chi connectivity index (χ2n) is 6.82. The van der Waals surface area contributed by atoms with Crippen molar-refractivity contribution in [1.82, 2.24) is 5.32 Å². The zero-order chi connectivity index (χ0) is 15.0. The molecule has 0 atom stereocenters. The van der Waals surface area contributed by atoms with Gasteiger partial charge in [-0.2, -0.15) is 0 Å². The van der Waals surface area contributed by atoms with Crippen LogP contribution >= 0.6 is 0 Å². The Kier molecular flexibility index (Phi) is 3.40. The Labute approximate surface area is 124 Å². The molecule has 1 saturated carbocycles. The molecule has 0 spiro atoms. The van der Waals surface area contributed by atoms with Crippen molar-refractivity contribution < 1.29 is 9.21 Å². The Balaban J connectivity index is 1.69. The smallest absolute Gasteiger partial charge is 0.287 e. The fourth-order valence-electron chi connectivity index (χ4n) is 2.97. The Hall–Kier alpha value is -1.97. The van der Waals surface area contributed by atoms with Crippen molar-refractivity contribution in [3.8, 4) is 0 Å². The van der Waals surface area contributed by atoms with Crippen molar-refractivity contribution in [3.05, 3.63) is 30.0 Å². The molecule has 3 N–H and O–H groups in total. The third-order valence-corrected chi connectivity index (χ3v) is 4.44. The first-order valence-electron chi connectivity index (χ1n) is 7.53. The molecule has 1 aromatic carbocycles. The maximum atomic E-state index is 12.3. The van der Waals surface area contributed by atoms with E-state index in [1.807, 2.05) is 6.07 Å². The standard InChI is InChI=1S/C17H22N2O2/c1-17(2)7-5-13(6-8-17)19-16(20)15-10-11-9-12(18)3-4-14(11)21-15/h3-4,9-10,13H,5-8,18H2,1-2H3,(H,19,20). The Morgan fingerprint density at radius 2 is 2.00 bits per heavy atom. The van der Waals surface area contributed by atoms with Gasteiger partial charge in [-0.3, -0.25) is 4.79 Å². The SMILES string of the molecule is CC1(C)CCC(NC(=O)c2cc3cc(N)ccc3o2)CC1. The first-order valence-corrected chi connectivity index (χ1v) is 7.53. The number of anilines is 1. The van der Waals surface area contributed by atoms with Gasteiger partial charge in [-0.25, -0.2) is 0 Å². The number of fused-ring (bicyclic) bond motifs is 1. The van der Waals surface area contributed by atoms with Crippen LogP contribution in [0.4, 0.5) is 5.69 Å². The summed E-state index contributed by atoms with van der Waals surface area (Å²) in [6, 6.07) is 7.40. The number of carbonyl (C=O) groups excluding carboxylic acids is 1. The van der Waals surface area contributed by atoms with Crippen LogP contribution in [0.15, 0.2) is 28.7 Å². The molecule has 2 aromatic rings. The van der Waals surface area contributed by atoms with Crippen LogP contribution in [0.5, 0.6) is 0 Å². The van der Waals surface area contributed by atoms with Crippen molar-refractivity contribution in [1.29, 1.82) is 0 Å². The quantitative estimate of drug-likeness (QED) is 0.827. The monoisotopic (exact) mass is 286 g/mol. The summed E-state index contributed by atoms with van der Waals surface area (Å²) in [5, 5.41) is 3.95. The lowest BCUT2D eigenvalue weighted by Crippen LogP contribution is -2.39. The fraction of sp³-hybridized carbons (Fsp3) is 0.471. The summed E-state index contributed by atoms with van der Waals surface area (Å²) < 4.78 is 5.60. The number of carbonyl (C=O) groups is 1. The molecule has 4 nitrogen and oxygen atoms in total. The van der Waals surface area contributed by atoms with E-state index >= 15 is 0 Å². The average molecular weight is 286 g/mol. The second-order valence-corrected chi connectivity index (χ2v) is 6.82. The van der Waals surface area contributed by atoms with E-state index in [-0.39, 0.29) is 11.9 Å². The largest absolute Gasteiger partial charge is 0.451 e. The van der Waals surface area contributed by atoms with Gasteiger partial charge >= 0.3 is 0 Å². The van der Waals surface area contributed by atoms with Gasteiger partial charge in [-0.1, -0.05) is 13.8 Å². The zero-order valence-electron chi connectivity index (χ0n) is 12.6. The maximum absolute atomic E-state index is 12.3. The van der Waals surface area contributed by atoms with Gasteiger partial charge in [0.05, 0.1) is 0 Å². The minimum Gasteiger partial charge on any atom is -0.451 e. The van der Waals surface area contributed by atoms with Crippen LogP contribution < -0.4 is 11.1 Å². The number of furan rings is 1. The minimum absolute atomic E-state index is 0.130. The van der Waals surface area contributed by atoms with Crippen LogP contribution in [0, 0.1) is 5.41 Å². The van der Waals surface area contributed by atoms with Crippen LogP contribution in [-0.2, 0) is 0 Å². The second kappa shape index (κ2) is 5.10. The van der Waals surface area contributed by atoms with Gasteiger partial charge in [-0.05, 0) is 55.4 Å². The highest BCUT2D eigenvalue weighted by Crippen LogP contribution is 2.35. The normalized spacial score (nSPS) is 18.8. The molecule has 1 fully saturated rings.